The Hall–Kier alpha value is -4.59. The fourth-order valence-corrected chi connectivity index (χ4v) is 4.48. The molecule has 0 saturated carbocycles. The van der Waals surface area contributed by atoms with Crippen LogP contribution in [0.1, 0.15) is 30.5 Å². The highest BCUT2D eigenvalue weighted by atomic mass is 16.3. The highest BCUT2D eigenvalue weighted by Crippen LogP contribution is 2.39. The summed E-state index contributed by atoms with van der Waals surface area (Å²) in [6, 6.07) is 21.0. The number of anilines is 1. The SMILES string of the molecule is CC(C)n1c(-c2c(O)[nH]c3cc(NC(=O)c4nc5ccccc5[nH]4)ccc23)nc2ccccc21. The number of para-hydroxylation sites is 4. The van der Waals surface area contributed by atoms with Crippen LogP contribution in [0.2, 0.25) is 0 Å². The Kier molecular flexibility index (Phi) is 4.41. The lowest BCUT2D eigenvalue weighted by Gasteiger charge is -2.13. The lowest BCUT2D eigenvalue weighted by atomic mass is 10.1. The van der Waals surface area contributed by atoms with Crippen LogP contribution >= 0.6 is 0 Å². The van der Waals surface area contributed by atoms with Crippen LogP contribution in [0.15, 0.2) is 66.7 Å². The third kappa shape index (κ3) is 3.11. The van der Waals surface area contributed by atoms with Gasteiger partial charge >= 0.3 is 0 Å². The molecular weight excluding hydrogens is 428 g/mol. The topological polar surface area (TPSA) is 112 Å². The van der Waals surface area contributed by atoms with Crippen LogP contribution in [0.5, 0.6) is 5.88 Å². The molecule has 0 aliphatic heterocycles. The number of rotatable bonds is 4. The predicted octanol–water partition coefficient (Wildman–Crippen LogP) is 5.60. The fraction of sp³-hybridized carbons (Fsp3) is 0.115. The lowest BCUT2D eigenvalue weighted by Crippen LogP contribution is -2.13. The van der Waals surface area contributed by atoms with Gasteiger partial charge in [0.2, 0.25) is 5.88 Å². The van der Waals surface area contributed by atoms with Gasteiger partial charge in [-0.2, -0.15) is 0 Å². The second-order valence-corrected chi connectivity index (χ2v) is 8.55. The first-order chi connectivity index (χ1) is 16.5. The molecule has 3 aromatic heterocycles. The van der Waals surface area contributed by atoms with E-state index in [9.17, 15) is 9.90 Å². The number of benzene rings is 3. The highest BCUT2D eigenvalue weighted by Gasteiger charge is 2.22. The molecule has 0 aliphatic rings. The third-order valence-corrected chi connectivity index (χ3v) is 5.98. The molecule has 0 fully saturated rings. The van der Waals surface area contributed by atoms with Gasteiger partial charge in [-0.1, -0.05) is 24.3 Å². The summed E-state index contributed by atoms with van der Waals surface area (Å²) in [4.78, 5) is 28.0. The van der Waals surface area contributed by atoms with Crippen LogP contribution in [-0.4, -0.2) is 35.5 Å². The number of imidazole rings is 2. The van der Waals surface area contributed by atoms with Crippen LogP contribution in [-0.2, 0) is 0 Å². The Bertz CT molecular complexity index is 1670. The number of nitrogens with zero attached hydrogens (tertiary/aromatic N) is 3. The molecule has 0 spiro atoms. The number of fused-ring (bicyclic) bond motifs is 3. The standard InChI is InChI=1S/C26H22N6O2/c1-14(2)32-21-10-6-5-9-19(21)30-24(32)22-16-12-11-15(13-20(16)31-25(22)33)27-26(34)23-28-17-7-3-4-8-18(17)29-23/h3-14,31,33H,1-2H3,(H,27,34)(H,28,29). The van der Waals surface area contributed by atoms with Crippen molar-refractivity contribution >= 4 is 44.6 Å². The number of aromatic hydroxyl groups is 1. The highest BCUT2D eigenvalue weighted by molar-refractivity contribution is 6.06. The van der Waals surface area contributed by atoms with Crippen LogP contribution in [0, 0.1) is 0 Å². The fourth-order valence-electron chi connectivity index (χ4n) is 4.48. The summed E-state index contributed by atoms with van der Waals surface area (Å²) in [6.07, 6.45) is 0. The van der Waals surface area contributed by atoms with E-state index >= 15 is 0 Å². The van der Waals surface area contributed by atoms with Crippen LogP contribution in [0.3, 0.4) is 0 Å². The van der Waals surface area contributed by atoms with Crippen LogP contribution in [0.4, 0.5) is 5.69 Å². The van der Waals surface area contributed by atoms with E-state index in [0.717, 1.165) is 27.5 Å². The van der Waals surface area contributed by atoms with Gasteiger partial charge in [0, 0.05) is 17.1 Å². The largest absolute Gasteiger partial charge is 0.494 e. The number of hydrogen-bond donors (Lipinski definition) is 4. The van der Waals surface area contributed by atoms with E-state index in [0.29, 0.717) is 22.6 Å². The molecule has 6 aromatic rings. The van der Waals surface area contributed by atoms with Crippen molar-refractivity contribution in [1.29, 1.82) is 0 Å². The molecule has 6 rings (SSSR count). The molecule has 0 saturated heterocycles. The second-order valence-electron chi connectivity index (χ2n) is 8.55. The van der Waals surface area contributed by atoms with E-state index in [2.05, 4.69) is 38.7 Å². The van der Waals surface area contributed by atoms with E-state index in [1.54, 1.807) is 6.07 Å². The molecule has 1 amide bonds. The summed E-state index contributed by atoms with van der Waals surface area (Å²) in [5.74, 6) is 0.627. The summed E-state index contributed by atoms with van der Waals surface area (Å²) in [5, 5.41) is 14.5. The minimum Gasteiger partial charge on any atom is -0.494 e. The summed E-state index contributed by atoms with van der Waals surface area (Å²) in [5.41, 5.74) is 5.33. The number of carbonyl (C=O) groups excluding carboxylic acids is 1. The van der Waals surface area contributed by atoms with Crippen molar-refractivity contribution < 1.29 is 9.90 Å². The normalized spacial score (nSPS) is 11.7. The number of aromatic amines is 2. The van der Waals surface area contributed by atoms with Gasteiger partial charge in [0.15, 0.2) is 5.82 Å². The number of aromatic nitrogens is 5. The number of nitrogens with one attached hydrogen (secondary N) is 3. The Morgan fingerprint density at radius 1 is 0.941 bits per heavy atom. The Labute approximate surface area is 194 Å². The first kappa shape index (κ1) is 20.0. The quantitative estimate of drug-likeness (QED) is 0.280. The molecule has 0 aliphatic carbocycles. The van der Waals surface area contributed by atoms with Crippen molar-refractivity contribution in [3.63, 3.8) is 0 Å². The third-order valence-electron chi connectivity index (χ3n) is 5.98. The molecule has 168 valence electrons. The Morgan fingerprint density at radius 2 is 1.71 bits per heavy atom. The van der Waals surface area contributed by atoms with E-state index in [4.69, 9.17) is 4.98 Å². The van der Waals surface area contributed by atoms with Crippen molar-refractivity contribution in [2.24, 2.45) is 0 Å². The maximum Gasteiger partial charge on any atom is 0.291 e. The zero-order valence-corrected chi connectivity index (χ0v) is 18.6. The number of hydrogen-bond acceptors (Lipinski definition) is 4. The molecule has 34 heavy (non-hydrogen) atoms. The molecule has 0 bridgehead atoms. The van der Waals surface area contributed by atoms with Gasteiger partial charge in [-0.25, -0.2) is 9.97 Å². The number of H-pyrrole nitrogens is 2. The molecular formula is C26H22N6O2. The average molecular weight is 451 g/mol. The van der Waals surface area contributed by atoms with Gasteiger partial charge in [0.05, 0.1) is 33.1 Å². The van der Waals surface area contributed by atoms with Crippen molar-refractivity contribution in [2.45, 2.75) is 19.9 Å². The van der Waals surface area contributed by atoms with Crippen molar-refractivity contribution in [3.05, 3.63) is 72.6 Å². The van der Waals surface area contributed by atoms with Crippen LogP contribution < -0.4 is 5.32 Å². The summed E-state index contributed by atoms with van der Waals surface area (Å²) in [7, 11) is 0. The van der Waals surface area contributed by atoms with E-state index in [1.165, 1.54) is 0 Å². The minimum absolute atomic E-state index is 0.0352. The van der Waals surface area contributed by atoms with Gasteiger partial charge < -0.3 is 25.0 Å². The Balaban J connectivity index is 1.39. The molecule has 8 nitrogen and oxygen atoms in total. The first-order valence-corrected chi connectivity index (χ1v) is 11.1. The molecule has 3 heterocycles. The van der Waals surface area contributed by atoms with Gasteiger partial charge in [0.25, 0.3) is 5.91 Å². The zero-order valence-electron chi connectivity index (χ0n) is 18.6. The summed E-state index contributed by atoms with van der Waals surface area (Å²) in [6.45, 7) is 4.18. The van der Waals surface area contributed by atoms with Crippen molar-refractivity contribution in [2.75, 3.05) is 5.32 Å². The molecule has 0 radical (unpaired) electrons. The minimum atomic E-state index is -0.340. The van der Waals surface area contributed by atoms with Gasteiger partial charge in [-0.05, 0) is 56.3 Å². The van der Waals surface area contributed by atoms with Crippen molar-refractivity contribution in [1.82, 2.24) is 24.5 Å². The maximum absolute atomic E-state index is 12.8. The first-order valence-electron chi connectivity index (χ1n) is 11.1. The van der Waals surface area contributed by atoms with Gasteiger partial charge in [-0.3, -0.25) is 4.79 Å². The Morgan fingerprint density at radius 3 is 2.50 bits per heavy atom. The molecule has 8 heteroatoms. The molecule has 3 aromatic carbocycles. The smallest absolute Gasteiger partial charge is 0.291 e. The van der Waals surface area contributed by atoms with Gasteiger partial charge in [0.1, 0.15) is 5.82 Å². The van der Waals surface area contributed by atoms with Crippen molar-refractivity contribution in [3.8, 4) is 17.3 Å². The van der Waals surface area contributed by atoms with E-state index < -0.39 is 0 Å². The summed E-state index contributed by atoms with van der Waals surface area (Å²) >= 11 is 0. The monoisotopic (exact) mass is 450 g/mol. The van der Waals surface area contributed by atoms with Gasteiger partial charge in [-0.15, -0.1) is 0 Å². The van der Waals surface area contributed by atoms with E-state index in [-0.39, 0.29) is 23.7 Å². The van der Waals surface area contributed by atoms with Crippen LogP contribution in [0.25, 0.3) is 44.4 Å². The molecule has 0 atom stereocenters. The predicted molar refractivity (Wildman–Crippen MR) is 133 cm³/mol. The summed E-state index contributed by atoms with van der Waals surface area (Å²) < 4.78 is 2.12. The number of amides is 1. The van der Waals surface area contributed by atoms with E-state index in [1.807, 2.05) is 60.7 Å². The lowest BCUT2D eigenvalue weighted by molar-refractivity contribution is 0.101. The molecule has 0 unspecified atom stereocenters. The molecule has 4 N–H and O–H groups in total. The number of carbonyl (C=O) groups is 1. The zero-order chi connectivity index (χ0) is 23.4. The average Bonchev–Trinajstić information content (AvgIpc) is 3.50. The second kappa shape index (κ2) is 7.48. The maximum atomic E-state index is 12.8.